The Labute approximate surface area is 190 Å². The minimum absolute atomic E-state index is 0.134. The van der Waals surface area contributed by atoms with Gasteiger partial charge in [-0.3, -0.25) is 4.79 Å². The van der Waals surface area contributed by atoms with Crippen LogP contribution in [0.2, 0.25) is 0 Å². The molecule has 184 valence electrons. The first-order valence-electron chi connectivity index (χ1n) is 9.50. The number of amides is 1. The Kier molecular flexibility index (Phi) is 6.28. The van der Waals surface area contributed by atoms with Crippen molar-refractivity contribution in [2.24, 2.45) is 7.05 Å². The van der Waals surface area contributed by atoms with Crippen molar-refractivity contribution in [2.45, 2.75) is 24.1 Å². The number of fused-ring (bicyclic) bond motifs is 1. The molecule has 0 unspecified atom stereocenters. The molecule has 15 heteroatoms. The van der Waals surface area contributed by atoms with E-state index in [0.29, 0.717) is 11.0 Å². The standard InChI is InChI=1S/C19H18F5N5O4S/c1-5-34(31,32)13-6-10(33-19(23,24)17(30)28(2)3)8-26-15(13)16-27-11-7-14(18(20,21)22)25-9-12(11)29(16)4/h6-9H,5H2,1-4H3. The van der Waals surface area contributed by atoms with Crippen molar-refractivity contribution in [1.82, 2.24) is 24.4 Å². The Morgan fingerprint density at radius 1 is 1.12 bits per heavy atom. The van der Waals surface area contributed by atoms with E-state index in [1.165, 1.54) is 18.5 Å². The number of pyridine rings is 2. The zero-order valence-corrected chi connectivity index (χ0v) is 19.0. The zero-order chi connectivity index (χ0) is 25.6. The maximum atomic E-state index is 14.1. The van der Waals surface area contributed by atoms with Crippen LogP contribution in [-0.2, 0) is 27.9 Å². The number of hydrogen-bond donors (Lipinski definition) is 0. The Morgan fingerprint density at radius 2 is 1.76 bits per heavy atom. The van der Waals surface area contributed by atoms with Gasteiger partial charge in [-0.25, -0.2) is 23.4 Å². The number of hydrogen-bond acceptors (Lipinski definition) is 7. The van der Waals surface area contributed by atoms with Crippen LogP contribution in [0.15, 0.2) is 29.4 Å². The molecule has 0 aliphatic carbocycles. The quantitative estimate of drug-likeness (QED) is 0.472. The predicted octanol–water partition coefficient (Wildman–Crippen LogP) is 2.90. The molecule has 0 saturated heterocycles. The first kappa shape index (κ1) is 25.3. The number of halogens is 5. The summed E-state index contributed by atoms with van der Waals surface area (Å²) in [7, 11) is -0.544. The van der Waals surface area contributed by atoms with Gasteiger partial charge < -0.3 is 14.2 Å². The fraction of sp³-hybridized carbons (Fsp3) is 0.368. The van der Waals surface area contributed by atoms with Gasteiger partial charge in [0.15, 0.2) is 15.7 Å². The average Bonchev–Trinajstić information content (AvgIpc) is 3.08. The number of ether oxygens (including phenoxy) is 1. The van der Waals surface area contributed by atoms with E-state index in [0.717, 1.165) is 32.6 Å². The molecule has 3 rings (SSSR count). The molecule has 0 radical (unpaired) electrons. The van der Waals surface area contributed by atoms with Crippen molar-refractivity contribution in [3.8, 4) is 17.3 Å². The lowest BCUT2D eigenvalue weighted by molar-refractivity contribution is -0.201. The molecule has 1 amide bonds. The van der Waals surface area contributed by atoms with Crippen molar-refractivity contribution in [3.05, 3.63) is 30.2 Å². The second-order valence-electron chi connectivity index (χ2n) is 7.29. The van der Waals surface area contributed by atoms with Gasteiger partial charge in [0.1, 0.15) is 22.0 Å². The smallest absolute Gasteiger partial charge is 0.424 e. The summed E-state index contributed by atoms with van der Waals surface area (Å²) < 4.78 is 98.4. The maximum Gasteiger partial charge on any atom is 0.482 e. The third-order valence-electron chi connectivity index (χ3n) is 4.71. The highest BCUT2D eigenvalue weighted by atomic mass is 32.2. The SMILES string of the molecule is CCS(=O)(=O)c1cc(OC(F)(F)C(=O)N(C)C)cnc1-c1nc2cc(C(F)(F)F)ncc2n1C. The van der Waals surface area contributed by atoms with Crippen LogP contribution >= 0.6 is 0 Å². The molecule has 3 aromatic rings. The zero-order valence-electron chi connectivity index (χ0n) is 18.2. The summed E-state index contributed by atoms with van der Waals surface area (Å²) in [5.74, 6) is -3.00. The molecule has 0 bridgehead atoms. The molecule has 34 heavy (non-hydrogen) atoms. The van der Waals surface area contributed by atoms with Crippen molar-refractivity contribution in [2.75, 3.05) is 19.8 Å². The minimum atomic E-state index is -4.73. The van der Waals surface area contributed by atoms with Gasteiger partial charge in [0, 0.05) is 27.2 Å². The summed E-state index contributed by atoms with van der Waals surface area (Å²) in [6.45, 7) is 1.30. The van der Waals surface area contributed by atoms with Crippen LogP contribution in [0.25, 0.3) is 22.6 Å². The lowest BCUT2D eigenvalue weighted by Crippen LogP contribution is -2.43. The van der Waals surface area contributed by atoms with E-state index in [1.54, 1.807) is 0 Å². The minimum Gasteiger partial charge on any atom is -0.424 e. The molecule has 0 aliphatic heterocycles. The molecule has 0 N–H and O–H groups in total. The monoisotopic (exact) mass is 507 g/mol. The number of nitrogens with zero attached hydrogens (tertiary/aromatic N) is 5. The number of alkyl halides is 5. The maximum absolute atomic E-state index is 14.1. The van der Waals surface area contributed by atoms with E-state index in [1.807, 2.05) is 0 Å². The number of sulfone groups is 1. The van der Waals surface area contributed by atoms with Crippen LogP contribution < -0.4 is 4.74 Å². The van der Waals surface area contributed by atoms with Crippen molar-refractivity contribution < 1.29 is 39.9 Å². The normalized spacial score (nSPS) is 12.7. The van der Waals surface area contributed by atoms with Gasteiger partial charge in [0.2, 0.25) is 0 Å². The Balaban J connectivity index is 2.18. The first-order valence-corrected chi connectivity index (χ1v) is 11.1. The van der Waals surface area contributed by atoms with Gasteiger partial charge in [-0.2, -0.15) is 22.0 Å². The Bertz CT molecular complexity index is 1370. The summed E-state index contributed by atoms with van der Waals surface area (Å²) in [5, 5.41) is 0. The van der Waals surface area contributed by atoms with Gasteiger partial charge in [-0.1, -0.05) is 6.92 Å². The number of likely N-dealkylation sites (N-methyl/N-ethyl adjacent to an activating group) is 1. The number of carbonyl (C=O) groups excluding carboxylic acids is 1. The van der Waals surface area contributed by atoms with Crippen LogP contribution in [0, 0.1) is 0 Å². The van der Waals surface area contributed by atoms with E-state index in [9.17, 15) is 35.2 Å². The van der Waals surface area contributed by atoms with Gasteiger partial charge in [-0.15, -0.1) is 0 Å². The lowest BCUT2D eigenvalue weighted by Gasteiger charge is -2.20. The molecule has 0 aromatic carbocycles. The highest BCUT2D eigenvalue weighted by Gasteiger charge is 2.44. The number of imidazole rings is 1. The van der Waals surface area contributed by atoms with Crippen molar-refractivity contribution in [3.63, 3.8) is 0 Å². The third-order valence-corrected chi connectivity index (χ3v) is 6.45. The third kappa shape index (κ3) is 4.64. The first-order chi connectivity index (χ1) is 15.6. The molecule has 0 saturated carbocycles. The average molecular weight is 507 g/mol. The van der Waals surface area contributed by atoms with E-state index >= 15 is 0 Å². The molecule has 3 aromatic heterocycles. The summed E-state index contributed by atoms with van der Waals surface area (Å²) >= 11 is 0. The molecule has 3 heterocycles. The Hall–Kier alpha value is -3.36. The van der Waals surface area contributed by atoms with E-state index in [2.05, 4.69) is 19.7 Å². The van der Waals surface area contributed by atoms with E-state index < -0.39 is 50.1 Å². The summed E-state index contributed by atoms with van der Waals surface area (Å²) in [5.41, 5.74) is -1.49. The molecule has 0 aliphatic rings. The van der Waals surface area contributed by atoms with Gasteiger partial charge >= 0.3 is 18.2 Å². The van der Waals surface area contributed by atoms with Crippen LogP contribution in [0.5, 0.6) is 5.75 Å². The van der Waals surface area contributed by atoms with Crippen LogP contribution in [0.1, 0.15) is 12.6 Å². The fourth-order valence-corrected chi connectivity index (χ4v) is 4.00. The van der Waals surface area contributed by atoms with E-state index in [-0.39, 0.29) is 22.6 Å². The highest BCUT2D eigenvalue weighted by Crippen LogP contribution is 2.34. The van der Waals surface area contributed by atoms with Gasteiger partial charge in [0.25, 0.3) is 0 Å². The fourth-order valence-electron chi connectivity index (χ4n) is 2.95. The second-order valence-corrected chi connectivity index (χ2v) is 9.54. The molecule has 0 fully saturated rings. The molecule has 0 atom stereocenters. The number of carbonyl (C=O) groups is 1. The number of aryl methyl sites for hydroxylation is 1. The predicted molar refractivity (Wildman–Crippen MR) is 109 cm³/mol. The summed E-state index contributed by atoms with van der Waals surface area (Å²) in [6, 6.07) is 1.45. The lowest BCUT2D eigenvalue weighted by atomic mass is 10.3. The molecular formula is C19H18F5N5O4S. The van der Waals surface area contributed by atoms with Crippen molar-refractivity contribution >= 4 is 26.8 Å². The largest absolute Gasteiger partial charge is 0.482 e. The molecular weight excluding hydrogens is 489 g/mol. The second kappa shape index (κ2) is 8.45. The molecule has 9 nitrogen and oxygen atoms in total. The van der Waals surface area contributed by atoms with Crippen LogP contribution in [-0.4, -0.2) is 64.7 Å². The highest BCUT2D eigenvalue weighted by molar-refractivity contribution is 7.91. The molecule has 0 spiro atoms. The summed E-state index contributed by atoms with van der Waals surface area (Å²) in [6.07, 6.45) is -7.35. The van der Waals surface area contributed by atoms with Crippen LogP contribution in [0.3, 0.4) is 0 Å². The number of rotatable bonds is 6. The van der Waals surface area contributed by atoms with Crippen LogP contribution in [0.4, 0.5) is 22.0 Å². The van der Waals surface area contributed by atoms with Gasteiger partial charge in [0.05, 0.1) is 29.2 Å². The Morgan fingerprint density at radius 3 is 2.32 bits per heavy atom. The summed E-state index contributed by atoms with van der Waals surface area (Å²) in [4.78, 5) is 23.0. The number of aromatic nitrogens is 4. The van der Waals surface area contributed by atoms with Crippen molar-refractivity contribution in [1.29, 1.82) is 0 Å². The van der Waals surface area contributed by atoms with E-state index in [4.69, 9.17) is 0 Å². The van der Waals surface area contributed by atoms with Gasteiger partial charge in [-0.05, 0) is 6.07 Å². The topological polar surface area (TPSA) is 107 Å².